The van der Waals surface area contributed by atoms with Gasteiger partial charge in [-0.05, 0) is 87.7 Å². The molecule has 36 heavy (non-hydrogen) atoms. The molecule has 1 saturated heterocycles. The average molecular weight is 570 g/mol. The van der Waals surface area contributed by atoms with Crippen molar-refractivity contribution in [1.29, 1.82) is 0 Å². The van der Waals surface area contributed by atoms with Crippen LogP contribution < -0.4 is 9.47 Å². The Morgan fingerprint density at radius 1 is 1.00 bits per heavy atom. The Morgan fingerprint density at radius 3 is 2.53 bits per heavy atom. The molecule has 186 valence electrons. The first kappa shape index (κ1) is 25.8. The lowest BCUT2D eigenvalue weighted by atomic mass is 10.1. The standard InChI is InChI=1S/C27H24BrNO6S/c1-3-33-22-13-18(14-23-26(31)29(27(32)36-23)15-24(30)34-4-2)12-21(28)25(22)35-16-17-9-10-19-7-5-6-8-20(19)11-17/h5-14H,3-4,15-16H2,1-2H3/b23-14+. The lowest BCUT2D eigenvalue weighted by Crippen LogP contribution is -2.34. The molecule has 0 saturated carbocycles. The van der Waals surface area contributed by atoms with Crippen molar-refractivity contribution < 1.29 is 28.6 Å². The van der Waals surface area contributed by atoms with E-state index in [-0.39, 0.29) is 11.5 Å². The summed E-state index contributed by atoms with van der Waals surface area (Å²) in [5.41, 5.74) is 1.66. The first-order valence-corrected chi connectivity index (χ1v) is 13.0. The van der Waals surface area contributed by atoms with E-state index in [2.05, 4.69) is 40.2 Å². The first-order chi connectivity index (χ1) is 17.4. The van der Waals surface area contributed by atoms with Crippen molar-refractivity contribution in [1.82, 2.24) is 4.90 Å². The zero-order chi connectivity index (χ0) is 25.7. The van der Waals surface area contributed by atoms with Crippen LogP contribution in [0.5, 0.6) is 11.5 Å². The van der Waals surface area contributed by atoms with E-state index in [4.69, 9.17) is 14.2 Å². The summed E-state index contributed by atoms with van der Waals surface area (Å²) in [5.74, 6) is -0.124. The van der Waals surface area contributed by atoms with Crippen LogP contribution in [0.3, 0.4) is 0 Å². The Morgan fingerprint density at radius 2 is 1.78 bits per heavy atom. The fourth-order valence-corrected chi connectivity index (χ4v) is 5.09. The molecule has 9 heteroatoms. The number of hydrogen-bond acceptors (Lipinski definition) is 7. The molecule has 3 aromatic carbocycles. The maximum Gasteiger partial charge on any atom is 0.326 e. The molecule has 0 N–H and O–H groups in total. The molecule has 1 heterocycles. The molecule has 0 atom stereocenters. The Kier molecular flexibility index (Phi) is 8.32. The Balaban J connectivity index is 1.54. The second kappa shape index (κ2) is 11.6. The number of fused-ring (bicyclic) bond motifs is 1. The van der Waals surface area contributed by atoms with Gasteiger partial charge in [0.15, 0.2) is 11.5 Å². The van der Waals surface area contributed by atoms with Crippen LogP contribution in [0.2, 0.25) is 0 Å². The summed E-state index contributed by atoms with van der Waals surface area (Å²) < 4.78 is 17.4. The predicted molar refractivity (Wildman–Crippen MR) is 143 cm³/mol. The highest BCUT2D eigenvalue weighted by atomic mass is 79.9. The largest absolute Gasteiger partial charge is 0.490 e. The Bertz CT molecular complexity index is 1360. The molecule has 1 aliphatic rings. The van der Waals surface area contributed by atoms with Gasteiger partial charge in [0.1, 0.15) is 13.2 Å². The van der Waals surface area contributed by atoms with Gasteiger partial charge < -0.3 is 14.2 Å². The van der Waals surface area contributed by atoms with E-state index in [0.717, 1.165) is 33.0 Å². The van der Waals surface area contributed by atoms with Crippen LogP contribution in [0.1, 0.15) is 25.0 Å². The van der Waals surface area contributed by atoms with Crippen molar-refractivity contribution in [2.75, 3.05) is 19.8 Å². The average Bonchev–Trinajstić information content (AvgIpc) is 3.11. The number of hydrogen-bond donors (Lipinski definition) is 0. The zero-order valence-corrected chi connectivity index (χ0v) is 22.2. The van der Waals surface area contributed by atoms with Crippen molar-refractivity contribution in [2.24, 2.45) is 0 Å². The van der Waals surface area contributed by atoms with Crippen LogP contribution in [0.4, 0.5) is 4.79 Å². The van der Waals surface area contributed by atoms with E-state index < -0.39 is 23.7 Å². The highest BCUT2D eigenvalue weighted by Gasteiger charge is 2.36. The molecular formula is C27H24BrNO6S. The molecule has 0 radical (unpaired) electrons. The molecule has 3 aromatic rings. The molecule has 0 unspecified atom stereocenters. The first-order valence-electron chi connectivity index (χ1n) is 11.4. The minimum atomic E-state index is -0.629. The summed E-state index contributed by atoms with van der Waals surface area (Å²) in [6.07, 6.45) is 1.59. The monoisotopic (exact) mass is 569 g/mol. The maximum absolute atomic E-state index is 12.7. The summed E-state index contributed by atoms with van der Waals surface area (Å²) in [6, 6.07) is 17.8. The van der Waals surface area contributed by atoms with Gasteiger partial charge in [-0.1, -0.05) is 36.4 Å². The van der Waals surface area contributed by atoms with Crippen LogP contribution in [-0.2, 0) is 20.9 Å². The fourth-order valence-electron chi connectivity index (χ4n) is 3.68. The van der Waals surface area contributed by atoms with Gasteiger partial charge in [-0.25, -0.2) is 0 Å². The lowest BCUT2D eigenvalue weighted by molar-refractivity contribution is -0.145. The SMILES string of the molecule is CCOC(=O)CN1C(=O)S/C(=C/c2cc(Br)c(OCc3ccc4ccccc4c3)c(OCC)c2)C1=O. The number of carbonyl (C=O) groups excluding carboxylic acids is 3. The molecule has 0 aliphatic carbocycles. The highest BCUT2D eigenvalue weighted by Crippen LogP contribution is 2.39. The third kappa shape index (κ3) is 5.91. The molecule has 1 fully saturated rings. The van der Waals surface area contributed by atoms with E-state index in [0.29, 0.717) is 34.7 Å². The number of amides is 2. The van der Waals surface area contributed by atoms with Gasteiger partial charge in [-0.2, -0.15) is 0 Å². The van der Waals surface area contributed by atoms with Crippen LogP contribution in [0.25, 0.3) is 16.8 Å². The molecule has 0 aromatic heterocycles. The van der Waals surface area contributed by atoms with Crippen molar-refractivity contribution >= 4 is 61.7 Å². The molecular weight excluding hydrogens is 546 g/mol. The normalized spacial score (nSPS) is 14.5. The third-order valence-electron chi connectivity index (χ3n) is 5.29. The van der Waals surface area contributed by atoms with Crippen molar-refractivity contribution in [3.63, 3.8) is 0 Å². The summed E-state index contributed by atoms with van der Waals surface area (Å²) in [7, 11) is 0. The number of imide groups is 1. The van der Waals surface area contributed by atoms with Gasteiger partial charge in [-0.15, -0.1) is 0 Å². The fraction of sp³-hybridized carbons (Fsp3) is 0.222. The van der Waals surface area contributed by atoms with Gasteiger partial charge in [0.05, 0.1) is 22.6 Å². The van der Waals surface area contributed by atoms with E-state index in [1.165, 1.54) is 0 Å². The highest BCUT2D eigenvalue weighted by molar-refractivity contribution is 9.10. The van der Waals surface area contributed by atoms with Gasteiger partial charge in [0, 0.05) is 0 Å². The van der Waals surface area contributed by atoms with Crippen molar-refractivity contribution in [3.05, 3.63) is 75.1 Å². The minimum absolute atomic E-state index is 0.175. The zero-order valence-electron chi connectivity index (χ0n) is 19.8. The molecule has 2 amide bonds. The smallest absolute Gasteiger partial charge is 0.326 e. The molecule has 7 nitrogen and oxygen atoms in total. The molecule has 1 aliphatic heterocycles. The van der Waals surface area contributed by atoms with Crippen LogP contribution in [0, 0.1) is 0 Å². The number of halogens is 1. The topological polar surface area (TPSA) is 82.1 Å². The quantitative estimate of drug-likeness (QED) is 0.225. The van der Waals surface area contributed by atoms with E-state index >= 15 is 0 Å². The van der Waals surface area contributed by atoms with Crippen LogP contribution >= 0.6 is 27.7 Å². The molecule has 0 spiro atoms. The summed E-state index contributed by atoms with van der Waals surface area (Å²) in [6.45, 7) is 4.05. The van der Waals surface area contributed by atoms with Gasteiger partial charge in [0.2, 0.25) is 0 Å². The van der Waals surface area contributed by atoms with Crippen LogP contribution in [0.15, 0.2) is 64.0 Å². The van der Waals surface area contributed by atoms with Crippen LogP contribution in [-0.4, -0.2) is 41.8 Å². The summed E-state index contributed by atoms with van der Waals surface area (Å²) in [4.78, 5) is 37.8. The third-order valence-corrected chi connectivity index (χ3v) is 6.79. The van der Waals surface area contributed by atoms with Gasteiger partial charge in [-0.3, -0.25) is 19.3 Å². The van der Waals surface area contributed by atoms with E-state index in [9.17, 15) is 14.4 Å². The number of ether oxygens (including phenoxy) is 3. The Labute approximate surface area is 221 Å². The van der Waals surface area contributed by atoms with Gasteiger partial charge in [0.25, 0.3) is 11.1 Å². The van der Waals surface area contributed by atoms with E-state index in [1.54, 1.807) is 25.1 Å². The second-order valence-corrected chi connectivity index (χ2v) is 9.65. The van der Waals surface area contributed by atoms with Crippen molar-refractivity contribution in [2.45, 2.75) is 20.5 Å². The number of thioether (sulfide) groups is 1. The summed E-state index contributed by atoms with van der Waals surface area (Å²) >= 11 is 4.33. The van der Waals surface area contributed by atoms with E-state index in [1.807, 2.05) is 25.1 Å². The minimum Gasteiger partial charge on any atom is -0.490 e. The number of esters is 1. The second-order valence-electron chi connectivity index (χ2n) is 7.81. The number of benzene rings is 3. The summed E-state index contributed by atoms with van der Waals surface area (Å²) in [5, 5.41) is 1.78. The molecule has 4 rings (SSSR count). The van der Waals surface area contributed by atoms with Gasteiger partial charge >= 0.3 is 5.97 Å². The Hall–Kier alpha value is -3.30. The molecule has 0 bridgehead atoms. The van der Waals surface area contributed by atoms with Crippen molar-refractivity contribution in [3.8, 4) is 11.5 Å². The predicted octanol–water partition coefficient (Wildman–Crippen LogP) is 6.18. The maximum atomic E-state index is 12.7. The number of nitrogens with zero attached hydrogens (tertiary/aromatic N) is 1. The number of carbonyl (C=O) groups is 3. The lowest BCUT2D eigenvalue weighted by Gasteiger charge is -2.15. The number of rotatable bonds is 9.